The minimum absolute atomic E-state index is 0.0214. The van der Waals surface area contributed by atoms with E-state index >= 15 is 0 Å². The van der Waals surface area contributed by atoms with Gasteiger partial charge in [0.25, 0.3) is 5.69 Å². The van der Waals surface area contributed by atoms with Crippen molar-refractivity contribution in [2.45, 2.75) is 0 Å². The summed E-state index contributed by atoms with van der Waals surface area (Å²) in [5.74, 6) is 0.488. The predicted octanol–water partition coefficient (Wildman–Crippen LogP) is 3.84. The van der Waals surface area contributed by atoms with Crippen molar-refractivity contribution in [1.82, 2.24) is 4.98 Å². The number of methoxy groups -OCH3 is 1. The molecule has 110 valence electrons. The van der Waals surface area contributed by atoms with Crippen LogP contribution in [0.3, 0.4) is 0 Å². The summed E-state index contributed by atoms with van der Waals surface area (Å²) in [6.45, 7) is 0. The topological polar surface area (TPSA) is 80.5 Å². The van der Waals surface area contributed by atoms with E-state index < -0.39 is 4.92 Å². The summed E-state index contributed by atoms with van der Waals surface area (Å²) in [6, 6.07) is 12.2. The Hall–Kier alpha value is -3.15. The molecule has 2 aromatic carbocycles. The number of ether oxygens (including phenoxy) is 1. The Morgan fingerprint density at radius 1 is 1.27 bits per heavy atom. The number of hydrogen-bond acceptors (Lipinski definition) is 4. The predicted molar refractivity (Wildman–Crippen MR) is 85.2 cm³/mol. The Bertz CT molecular complexity index is 868. The quantitative estimate of drug-likeness (QED) is 0.451. The molecule has 0 amide bonds. The van der Waals surface area contributed by atoms with Crippen LogP contribution in [0.1, 0.15) is 5.56 Å². The average Bonchev–Trinajstić information content (AvgIpc) is 2.95. The molecule has 0 unspecified atom stereocenters. The second kappa shape index (κ2) is 5.69. The highest BCUT2D eigenvalue weighted by Gasteiger charge is 2.10. The van der Waals surface area contributed by atoms with Crippen molar-refractivity contribution in [3.05, 3.63) is 64.3 Å². The number of aliphatic imine (C=N–C) groups is 1. The number of non-ortho nitro benzene ring substituents is 1. The number of fused-ring (bicyclic) bond motifs is 1. The molecule has 0 saturated carbocycles. The highest BCUT2D eigenvalue weighted by Crippen LogP contribution is 2.31. The van der Waals surface area contributed by atoms with Gasteiger partial charge in [-0.3, -0.25) is 15.1 Å². The first-order valence-electron chi connectivity index (χ1n) is 6.61. The van der Waals surface area contributed by atoms with Crippen LogP contribution >= 0.6 is 0 Å². The van der Waals surface area contributed by atoms with Crippen LogP contribution < -0.4 is 4.74 Å². The lowest BCUT2D eigenvalue weighted by molar-refractivity contribution is -0.384. The number of H-pyrrole nitrogens is 1. The largest absolute Gasteiger partial charge is 0.494 e. The van der Waals surface area contributed by atoms with Crippen LogP contribution in [0.15, 0.2) is 53.7 Å². The van der Waals surface area contributed by atoms with E-state index in [1.54, 1.807) is 12.3 Å². The number of nitrogens with zero attached hydrogens (tertiary/aromatic N) is 2. The highest BCUT2D eigenvalue weighted by atomic mass is 16.6. The number of rotatable bonds is 4. The maximum absolute atomic E-state index is 10.9. The molecule has 0 fully saturated rings. The van der Waals surface area contributed by atoms with Crippen LogP contribution in [0, 0.1) is 10.1 Å². The van der Waals surface area contributed by atoms with Gasteiger partial charge in [0.15, 0.2) is 0 Å². The van der Waals surface area contributed by atoms with Gasteiger partial charge in [0.1, 0.15) is 11.4 Å². The van der Waals surface area contributed by atoms with Crippen LogP contribution in [0.4, 0.5) is 11.4 Å². The third-order valence-electron chi connectivity index (χ3n) is 3.34. The number of nitro groups is 1. The normalized spacial score (nSPS) is 11.1. The number of hydrogen-bond donors (Lipinski definition) is 1. The average molecular weight is 295 g/mol. The molecule has 3 aromatic rings. The van der Waals surface area contributed by atoms with Crippen molar-refractivity contribution in [3.8, 4) is 5.75 Å². The van der Waals surface area contributed by atoms with E-state index in [0.29, 0.717) is 11.4 Å². The Labute approximate surface area is 126 Å². The lowest BCUT2D eigenvalue weighted by Crippen LogP contribution is -1.89. The van der Waals surface area contributed by atoms with Gasteiger partial charge in [-0.05, 0) is 12.1 Å². The summed E-state index contributed by atoms with van der Waals surface area (Å²) in [6.07, 6.45) is 3.51. The van der Waals surface area contributed by atoms with Crippen molar-refractivity contribution in [2.75, 3.05) is 7.11 Å². The summed E-state index contributed by atoms with van der Waals surface area (Å²) < 4.78 is 5.19. The van der Waals surface area contributed by atoms with Crippen LogP contribution in [-0.2, 0) is 0 Å². The monoisotopic (exact) mass is 295 g/mol. The van der Waals surface area contributed by atoms with Crippen LogP contribution in [0.25, 0.3) is 10.9 Å². The zero-order valence-electron chi connectivity index (χ0n) is 11.8. The highest BCUT2D eigenvalue weighted by molar-refractivity contribution is 5.99. The van der Waals surface area contributed by atoms with Crippen molar-refractivity contribution < 1.29 is 9.66 Å². The first-order chi connectivity index (χ1) is 10.7. The molecule has 0 aliphatic rings. The Balaban J connectivity index is 2.01. The van der Waals surface area contributed by atoms with Crippen molar-refractivity contribution in [2.24, 2.45) is 4.99 Å². The maximum atomic E-state index is 10.9. The molecule has 1 heterocycles. The van der Waals surface area contributed by atoms with Gasteiger partial charge in [-0.15, -0.1) is 0 Å². The number of aromatic nitrogens is 1. The van der Waals surface area contributed by atoms with Crippen molar-refractivity contribution in [1.29, 1.82) is 0 Å². The Kier molecular flexibility index (Phi) is 3.57. The molecule has 6 nitrogen and oxygen atoms in total. The molecule has 1 aromatic heterocycles. The fourth-order valence-corrected chi connectivity index (χ4v) is 2.23. The minimum Gasteiger partial charge on any atom is -0.494 e. The second-order valence-corrected chi connectivity index (χ2v) is 4.66. The molecule has 0 bridgehead atoms. The summed E-state index contributed by atoms with van der Waals surface area (Å²) in [5, 5.41) is 11.9. The fraction of sp³-hybridized carbons (Fsp3) is 0.0625. The SMILES string of the molecule is COc1ccc([N+](=O)[O-])cc1N=Cc1c[nH]c2ccccc12. The van der Waals surface area contributed by atoms with Crippen molar-refractivity contribution in [3.63, 3.8) is 0 Å². The number of nitrogens with one attached hydrogen (secondary N) is 1. The van der Waals surface area contributed by atoms with Gasteiger partial charge in [0.05, 0.1) is 12.0 Å². The molecule has 22 heavy (non-hydrogen) atoms. The summed E-state index contributed by atoms with van der Waals surface area (Å²) in [4.78, 5) is 17.9. The third-order valence-corrected chi connectivity index (χ3v) is 3.34. The summed E-state index contributed by atoms with van der Waals surface area (Å²) >= 11 is 0. The van der Waals surface area contributed by atoms with E-state index in [9.17, 15) is 10.1 Å². The lowest BCUT2D eigenvalue weighted by Gasteiger charge is -2.03. The molecule has 6 heteroatoms. The van der Waals surface area contributed by atoms with Gasteiger partial charge in [-0.1, -0.05) is 18.2 Å². The fourth-order valence-electron chi connectivity index (χ4n) is 2.23. The summed E-state index contributed by atoms with van der Waals surface area (Å²) in [5.41, 5.74) is 2.31. The van der Waals surface area contributed by atoms with Gasteiger partial charge in [-0.25, -0.2) is 0 Å². The molecule has 0 saturated heterocycles. The van der Waals surface area contributed by atoms with Gasteiger partial charge < -0.3 is 9.72 Å². The zero-order chi connectivity index (χ0) is 15.5. The van der Waals surface area contributed by atoms with E-state index in [4.69, 9.17) is 4.74 Å². The second-order valence-electron chi connectivity index (χ2n) is 4.66. The van der Waals surface area contributed by atoms with Gasteiger partial charge in [-0.2, -0.15) is 0 Å². The molecule has 3 rings (SSSR count). The molecular formula is C16H13N3O3. The van der Waals surface area contributed by atoms with E-state index in [0.717, 1.165) is 16.5 Å². The molecule has 0 atom stereocenters. The van der Waals surface area contributed by atoms with Crippen molar-refractivity contribution >= 4 is 28.5 Å². The molecule has 0 aliphatic carbocycles. The zero-order valence-corrected chi connectivity index (χ0v) is 11.8. The number of benzene rings is 2. The van der Waals surface area contributed by atoms with Crippen LogP contribution in [0.2, 0.25) is 0 Å². The lowest BCUT2D eigenvalue weighted by atomic mass is 10.2. The van der Waals surface area contributed by atoms with Crippen LogP contribution in [-0.4, -0.2) is 23.2 Å². The number of para-hydroxylation sites is 1. The van der Waals surface area contributed by atoms with Gasteiger partial charge in [0.2, 0.25) is 0 Å². The third kappa shape index (κ3) is 2.54. The maximum Gasteiger partial charge on any atom is 0.271 e. The van der Waals surface area contributed by atoms with Gasteiger partial charge in [0, 0.05) is 41.0 Å². The van der Waals surface area contributed by atoms with E-state index in [1.807, 2.05) is 30.5 Å². The van der Waals surface area contributed by atoms with E-state index in [1.165, 1.54) is 19.2 Å². The standard InChI is InChI=1S/C16H13N3O3/c1-22-16-7-6-12(19(20)21)8-15(16)18-10-11-9-17-14-5-3-2-4-13(11)14/h2-10,17H,1H3. The number of nitro benzene ring substituents is 1. The minimum atomic E-state index is -0.454. The first-order valence-corrected chi connectivity index (χ1v) is 6.61. The van der Waals surface area contributed by atoms with E-state index in [-0.39, 0.29) is 5.69 Å². The van der Waals surface area contributed by atoms with Crippen LogP contribution in [0.5, 0.6) is 5.75 Å². The number of aromatic amines is 1. The molecule has 0 aliphatic heterocycles. The molecule has 0 spiro atoms. The molecule has 1 N–H and O–H groups in total. The van der Waals surface area contributed by atoms with E-state index in [2.05, 4.69) is 9.98 Å². The molecule has 0 radical (unpaired) electrons. The molecular weight excluding hydrogens is 282 g/mol. The Morgan fingerprint density at radius 2 is 2.09 bits per heavy atom. The summed E-state index contributed by atoms with van der Waals surface area (Å²) in [7, 11) is 1.51. The first kappa shape index (κ1) is 13.8. The smallest absolute Gasteiger partial charge is 0.271 e. The van der Waals surface area contributed by atoms with Gasteiger partial charge >= 0.3 is 0 Å². The Morgan fingerprint density at radius 3 is 2.86 bits per heavy atom.